The van der Waals surface area contributed by atoms with Crippen molar-refractivity contribution in [1.82, 2.24) is 4.90 Å². The fourth-order valence-corrected chi connectivity index (χ4v) is 4.21. The maximum Gasteiger partial charge on any atom is 0.338 e. The van der Waals surface area contributed by atoms with Gasteiger partial charge in [-0.1, -0.05) is 72.4 Å². The molecule has 1 unspecified atom stereocenters. The van der Waals surface area contributed by atoms with Crippen molar-refractivity contribution < 1.29 is 14.3 Å². The van der Waals surface area contributed by atoms with E-state index in [1.807, 2.05) is 60.7 Å². The minimum atomic E-state index is -0.546. The largest absolute Gasteiger partial charge is 0.463 e. The molecule has 136 valence electrons. The summed E-state index contributed by atoms with van der Waals surface area (Å²) < 4.78 is 5.36. The summed E-state index contributed by atoms with van der Waals surface area (Å²) in [5.41, 5.74) is 2.65. The molecule has 0 bridgehead atoms. The molecule has 27 heavy (non-hydrogen) atoms. The third-order valence-corrected chi connectivity index (χ3v) is 5.39. The molecule has 2 aliphatic heterocycles. The van der Waals surface area contributed by atoms with E-state index in [1.165, 1.54) is 11.8 Å². The molecule has 0 radical (unpaired) electrons. The summed E-state index contributed by atoms with van der Waals surface area (Å²) in [6.45, 7) is 2.03. The highest BCUT2D eigenvalue weighted by Crippen LogP contribution is 2.43. The van der Waals surface area contributed by atoms with Gasteiger partial charge in [-0.25, -0.2) is 9.79 Å². The van der Waals surface area contributed by atoms with Gasteiger partial charge in [0.15, 0.2) is 5.17 Å². The second-order valence-corrected chi connectivity index (χ2v) is 7.05. The number of hydrogen-bond donors (Lipinski definition) is 0. The van der Waals surface area contributed by atoms with E-state index in [0.29, 0.717) is 22.2 Å². The Hall–Kier alpha value is -2.86. The number of carbonyl (C=O) groups excluding carboxylic acids is 2. The summed E-state index contributed by atoms with van der Waals surface area (Å²) in [5.74, 6) is -0.181. The number of esters is 1. The molecular formula is C21H18N2O3S. The number of carbonyl (C=O) groups is 2. The number of amidine groups is 1. The molecule has 5 nitrogen and oxygen atoms in total. The van der Waals surface area contributed by atoms with E-state index >= 15 is 0 Å². The van der Waals surface area contributed by atoms with Gasteiger partial charge in [0.1, 0.15) is 0 Å². The topological polar surface area (TPSA) is 59.0 Å². The van der Waals surface area contributed by atoms with Crippen molar-refractivity contribution in [3.05, 3.63) is 77.4 Å². The third-order valence-electron chi connectivity index (χ3n) is 4.45. The van der Waals surface area contributed by atoms with Gasteiger partial charge in [-0.2, -0.15) is 0 Å². The minimum absolute atomic E-state index is 0.0542. The second-order valence-electron chi connectivity index (χ2n) is 6.11. The van der Waals surface area contributed by atoms with Crippen LogP contribution in [0.1, 0.15) is 24.1 Å². The third kappa shape index (κ3) is 3.17. The monoisotopic (exact) mass is 378 g/mol. The highest BCUT2D eigenvalue weighted by molar-refractivity contribution is 8.15. The molecule has 2 aliphatic rings. The average Bonchev–Trinajstić information content (AvgIpc) is 3.09. The van der Waals surface area contributed by atoms with Crippen molar-refractivity contribution in [2.24, 2.45) is 4.99 Å². The van der Waals surface area contributed by atoms with Crippen molar-refractivity contribution >= 4 is 34.5 Å². The average molecular weight is 378 g/mol. The first kappa shape index (κ1) is 17.5. The predicted octanol–water partition coefficient (Wildman–Crippen LogP) is 3.65. The van der Waals surface area contributed by atoms with Crippen LogP contribution in [0.5, 0.6) is 0 Å². The molecule has 0 saturated carbocycles. The molecule has 0 aliphatic carbocycles. The van der Waals surface area contributed by atoms with Crippen LogP contribution in [0, 0.1) is 0 Å². The zero-order chi connectivity index (χ0) is 18.8. The first-order chi connectivity index (χ1) is 13.2. The Bertz CT molecular complexity index is 938. The van der Waals surface area contributed by atoms with Crippen LogP contribution in [-0.4, -0.2) is 34.3 Å². The van der Waals surface area contributed by atoms with Gasteiger partial charge < -0.3 is 4.74 Å². The van der Waals surface area contributed by atoms with Crippen molar-refractivity contribution in [1.29, 1.82) is 0 Å². The Morgan fingerprint density at radius 3 is 2.48 bits per heavy atom. The molecule has 1 atom stereocenters. The van der Waals surface area contributed by atoms with Crippen molar-refractivity contribution in [3.63, 3.8) is 0 Å². The Morgan fingerprint density at radius 1 is 1.15 bits per heavy atom. The minimum Gasteiger partial charge on any atom is -0.463 e. The summed E-state index contributed by atoms with van der Waals surface area (Å²) in [6.07, 6.45) is 0. The highest BCUT2D eigenvalue weighted by atomic mass is 32.2. The van der Waals surface area contributed by atoms with Crippen LogP contribution >= 0.6 is 11.8 Å². The zero-order valence-corrected chi connectivity index (χ0v) is 15.6. The lowest BCUT2D eigenvalue weighted by atomic mass is 9.92. The number of amides is 1. The fourth-order valence-electron chi connectivity index (χ4n) is 3.31. The van der Waals surface area contributed by atoms with Crippen LogP contribution in [-0.2, 0) is 14.3 Å². The maximum atomic E-state index is 13.0. The zero-order valence-electron chi connectivity index (χ0n) is 14.8. The number of hydrogen-bond acceptors (Lipinski definition) is 5. The number of thioether (sulfide) groups is 1. The van der Waals surface area contributed by atoms with Crippen LogP contribution in [0.15, 0.2) is 71.2 Å². The van der Waals surface area contributed by atoms with Gasteiger partial charge in [0.25, 0.3) is 0 Å². The predicted molar refractivity (Wildman–Crippen MR) is 106 cm³/mol. The standard InChI is InChI=1S/C21H18N2O3S/c1-2-26-20(25)17-18(14-9-5-3-6-10-14)22-21-23(16(24)13-27-21)19(17)15-11-7-4-8-12-15/h3-12,19H,2,13H2,1H3. The van der Waals surface area contributed by atoms with E-state index in [4.69, 9.17) is 4.74 Å². The Balaban J connectivity index is 1.97. The normalized spacial score (nSPS) is 19.0. The lowest BCUT2D eigenvalue weighted by Crippen LogP contribution is -2.39. The van der Waals surface area contributed by atoms with Gasteiger partial charge >= 0.3 is 5.97 Å². The van der Waals surface area contributed by atoms with Gasteiger partial charge in [-0.3, -0.25) is 9.69 Å². The van der Waals surface area contributed by atoms with Crippen LogP contribution in [0.4, 0.5) is 0 Å². The molecule has 0 N–H and O–H groups in total. The smallest absolute Gasteiger partial charge is 0.338 e. The number of fused-ring (bicyclic) bond motifs is 1. The molecule has 1 amide bonds. The molecule has 0 aromatic heterocycles. The van der Waals surface area contributed by atoms with Gasteiger partial charge in [0.2, 0.25) is 5.91 Å². The van der Waals surface area contributed by atoms with Crippen molar-refractivity contribution in [2.45, 2.75) is 13.0 Å². The van der Waals surface area contributed by atoms with E-state index in [-0.39, 0.29) is 12.5 Å². The molecular weight excluding hydrogens is 360 g/mol. The molecule has 1 saturated heterocycles. The molecule has 2 aromatic rings. The maximum absolute atomic E-state index is 13.0. The first-order valence-electron chi connectivity index (χ1n) is 8.76. The van der Waals surface area contributed by atoms with E-state index < -0.39 is 12.0 Å². The summed E-state index contributed by atoms with van der Waals surface area (Å²) in [4.78, 5) is 31.9. The number of aliphatic imine (C=N–C) groups is 1. The van der Waals surface area contributed by atoms with Gasteiger partial charge in [-0.15, -0.1) is 0 Å². The van der Waals surface area contributed by atoms with Gasteiger partial charge in [-0.05, 0) is 12.5 Å². The van der Waals surface area contributed by atoms with Crippen LogP contribution in [0.25, 0.3) is 5.70 Å². The lowest BCUT2D eigenvalue weighted by Gasteiger charge is -2.33. The molecule has 0 spiro atoms. The summed E-state index contributed by atoms with van der Waals surface area (Å²) in [5, 5.41) is 0.626. The Labute approximate surface area is 161 Å². The first-order valence-corrected chi connectivity index (χ1v) is 9.74. The van der Waals surface area contributed by atoms with Gasteiger partial charge in [0, 0.05) is 5.56 Å². The second kappa shape index (κ2) is 7.40. The van der Waals surface area contributed by atoms with E-state index in [1.54, 1.807) is 11.8 Å². The number of rotatable bonds is 4. The summed E-state index contributed by atoms with van der Waals surface area (Å²) in [6, 6.07) is 18.6. The molecule has 2 aromatic carbocycles. The fraction of sp³-hybridized carbons (Fsp3) is 0.190. The molecule has 4 rings (SSSR count). The van der Waals surface area contributed by atoms with Crippen LogP contribution in [0.3, 0.4) is 0 Å². The van der Waals surface area contributed by atoms with E-state index in [2.05, 4.69) is 4.99 Å². The van der Waals surface area contributed by atoms with E-state index in [0.717, 1.165) is 11.1 Å². The summed E-state index contributed by atoms with van der Waals surface area (Å²) in [7, 11) is 0. The van der Waals surface area contributed by atoms with Crippen LogP contribution < -0.4 is 0 Å². The molecule has 6 heteroatoms. The SMILES string of the molecule is CCOC(=O)C1=C(c2ccccc2)N=C2SCC(=O)N2C1c1ccccc1. The molecule has 2 heterocycles. The quantitative estimate of drug-likeness (QED) is 0.762. The molecule has 1 fully saturated rings. The van der Waals surface area contributed by atoms with Crippen LogP contribution in [0.2, 0.25) is 0 Å². The Morgan fingerprint density at radius 2 is 1.81 bits per heavy atom. The summed E-state index contributed by atoms with van der Waals surface area (Å²) >= 11 is 1.40. The number of nitrogens with zero attached hydrogens (tertiary/aromatic N) is 2. The number of benzene rings is 2. The van der Waals surface area contributed by atoms with Gasteiger partial charge in [0.05, 0.1) is 29.7 Å². The lowest BCUT2D eigenvalue weighted by molar-refractivity contribution is -0.139. The number of ether oxygens (including phenoxy) is 1. The highest BCUT2D eigenvalue weighted by Gasteiger charge is 2.44. The van der Waals surface area contributed by atoms with Crippen molar-refractivity contribution in [2.75, 3.05) is 12.4 Å². The Kier molecular flexibility index (Phi) is 4.81. The van der Waals surface area contributed by atoms with E-state index in [9.17, 15) is 9.59 Å². The van der Waals surface area contributed by atoms with Crippen molar-refractivity contribution in [3.8, 4) is 0 Å².